The normalized spacial score (nSPS) is 11.3. The van der Waals surface area contributed by atoms with E-state index in [1.54, 1.807) is 0 Å². The van der Waals surface area contributed by atoms with Gasteiger partial charge >= 0.3 is 0 Å². The third-order valence-electron chi connectivity index (χ3n) is 3.32. The number of aryl methyl sites for hydroxylation is 3. The van der Waals surface area contributed by atoms with Crippen molar-refractivity contribution in [3.05, 3.63) is 35.5 Å². The predicted octanol–water partition coefficient (Wildman–Crippen LogP) is 3.21. The topological polar surface area (TPSA) is 56.2 Å². The molecular weight excluding hydrogens is 252 g/mol. The molecule has 3 heterocycles. The molecule has 20 heavy (non-hydrogen) atoms. The minimum Gasteiger partial charge on any atom is -0.419 e. The number of hydrogen-bond donors (Lipinski definition) is 0. The molecule has 104 valence electrons. The molecule has 0 saturated heterocycles. The van der Waals surface area contributed by atoms with Crippen molar-refractivity contribution in [3.8, 4) is 11.6 Å². The maximum atomic E-state index is 5.77. The van der Waals surface area contributed by atoms with Gasteiger partial charge in [0.2, 0.25) is 5.89 Å². The first-order valence-corrected chi connectivity index (χ1v) is 7.03. The van der Waals surface area contributed by atoms with Crippen LogP contribution < -0.4 is 0 Å². The summed E-state index contributed by atoms with van der Waals surface area (Å²) < 4.78 is 7.79. The van der Waals surface area contributed by atoms with Gasteiger partial charge in [-0.05, 0) is 37.5 Å². The van der Waals surface area contributed by atoms with Gasteiger partial charge in [0, 0.05) is 12.6 Å². The van der Waals surface area contributed by atoms with Gasteiger partial charge in [0.05, 0.1) is 5.69 Å². The molecule has 0 aromatic carbocycles. The van der Waals surface area contributed by atoms with Crippen molar-refractivity contribution in [3.63, 3.8) is 0 Å². The molecule has 5 nitrogen and oxygen atoms in total. The van der Waals surface area contributed by atoms with Crippen LogP contribution >= 0.6 is 0 Å². The second kappa shape index (κ2) is 5.07. The van der Waals surface area contributed by atoms with E-state index in [1.807, 2.05) is 10.6 Å². The lowest BCUT2D eigenvalue weighted by Gasteiger charge is -1.99. The Balaban J connectivity index is 2.17. The lowest BCUT2D eigenvalue weighted by molar-refractivity contribution is 0.500. The summed E-state index contributed by atoms with van der Waals surface area (Å²) in [6.45, 7) is 6.24. The fourth-order valence-corrected chi connectivity index (χ4v) is 2.33. The Hall–Kier alpha value is -2.17. The molecule has 0 radical (unpaired) electrons. The summed E-state index contributed by atoms with van der Waals surface area (Å²) >= 11 is 0. The maximum Gasteiger partial charge on any atom is 0.266 e. The first-order valence-electron chi connectivity index (χ1n) is 7.03. The smallest absolute Gasteiger partial charge is 0.266 e. The van der Waals surface area contributed by atoms with Crippen molar-refractivity contribution in [1.82, 2.24) is 19.6 Å². The molecule has 0 aliphatic heterocycles. The average molecular weight is 270 g/mol. The van der Waals surface area contributed by atoms with E-state index in [-0.39, 0.29) is 0 Å². The molecule has 0 amide bonds. The summed E-state index contributed by atoms with van der Waals surface area (Å²) in [5.74, 6) is 1.24. The average Bonchev–Trinajstić information content (AvgIpc) is 3.02. The summed E-state index contributed by atoms with van der Waals surface area (Å²) in [4.78, 5) is 4.66. The fourth-order valence-electron chi connectivity index (χ4n) is 2.33. The lowest BCUT2D eigenvalue weighted by Crippen LogP contribution is -1.91. The molecule has 5 heteroatoms. The molecule has 0 aliphatic carbocycles. The predicted molar refractivity (Wildman–Crippen MR) is 76.6 cm³/mol. The van der Waals surface area contributed by atoms with Gasteiger partial charge in [0.15, 0.2) is 0 Å². The lowest BCUT2D eigenvalue weighted by atomic mass is 10.2. The summed E-state index contributed by atoms with van der Waals surface area (Å²) in [5.41, 5.74) is 4.01. The minimum absolute atomic E-state index is 0.557. The summed E-state index contributed by atoms with van der Waals surface area (Å²) in [6, 6.07) is 4.12. The van der Waals surface area contributed by atoms with Crippen molar-refractivity contribution >= 4 is 5.65 Å². The maximum absolute atomic E-state index is 5.77. The van der Waals surface area contributed by atoms with E-state index in [1.165, 1.54) is 5.56 Å². The molecule has 0 saturated carbocycles. The van der Waals surface area contributed by atoms with Crippen LogP contribution in [0.4, 0.5) is 0 Å². The molecule has 0 spiro atoms. The van der Waals surface area contributed by atoms with Gasteiger partial charge in [0.25, 0.3) is 5.89 Å². The van der Waals surface area contributed by atoms with Crippen LogP contribution in [0.15, 0.2) is 22.7 Å². The number of imidazole rings is 1. The molecule has 0 unspecified atom stereocenters. The van der Waals surface area contributed by atoms with E-state index in [9.17, 15) is 0 Å². The van der Waals surface area contributed by atoms with Crippen LogP contribution in [-0.4, -0.2) is 19.6 Å². The number of pyridine rings is 1. The van der Waals surface area contributed by atoms with Crippen molar-refractivity contribution < 1.29 is 4.42 Å². The zero-order valence-corrected chi connectivity index (χ0v) is 12.1. The number of aromatic nitrogens is 4. The van der Waals surface area contributed by atoms with Crippen LogP contribution in [-0.2, 0) is 12.8 Å². The van der Waals surface area contributed by atoms with E-state index in [4.69, 9.17) is 4.42 Å². The van der Waals surface area contributed by atoms with Crippen molar-refractivity contribution in [1.29, 1.82) is 0 Å². The molecule has 0 bridgehead atoms. The Labute approximate surface area is 117 Å². The Bertz CT molecular complexity index is 741. The number of rotatable bonds is 4. The van der Waals surface area contributed by atoms with Gasteiger partial charge in [-0.25, -0.2) is 4.98 Å². The van der Waals surface area contributed by atoms with E-state index in [0.717, 1.165) is 36.3 Å². The summed E-state index contributed by atoms with van der Waals surface area (Å²) in [5, 5.41) is 8.28. The first kappa shape index (κ1) is 12.8. The molecule has 3 rings (SSSR count). The van der Waals surface area contributed by atoms with Crippen molar-refractivity contribution in [2.24, 2.45) is 0 Å². The molecule has 0 fully saturated rings. The highest BCUT2D eigenvalue weighted by Crippen LogP contribution is 2.25. The SMILES string of the molecule is CCCc1nnc(-c2c(CC)nc3cc(C)ccn23)o1. The van der Waals surface area contributed by atoms with Crippen LogP contribution in [0.25, 0.3) is 17.2 Å². The van der Waals surface area contributed by atoms with Crippen LogP contribution in [0.1, 0.15) is 37.4 Å². The van der Waals surface area contributed by atoms with Crippen LogP contribution in [0.3, 0.4) is 0 Å². The third kappa shape index (κ3) is 2.09. The highest BCUT2D eigenvalue weighted by Gasteiger charge is 2.18. The Morgan fingerprint density at radius 3 is 2.85 bits per heavy atom. The molecular formula is C15H18N4O. The first-order chi connectivity index (χ1) is 9.72. The largest absolute Gasteiger partial charge is 0.419 e. The Kier molecular flexibility index (Phi) is 3.26. The van der Waals surface area contributed by atoms with Gasteiger partial charge < -0.3 is 4.42 Å². The monoisotopic (exact) mass is 270 g/mol. The Morgan fingerprint density at radius 1 is 1.25 bits per heavy atom. The van der Waals surface area contributed by atoms with Crippen LogP contribution in [0, 0.1) is 6.92 Å². The highest BCUT2D eigenvalue weighted by atomic mass is 16.4. The quantitative estimate of drug-likeness (QED) is 0.730. The zero-order chi connectivity index (χ0) is 14.1. The summed E-state index contributed by atoms with van der Waals surface area (Å²) in [7, 11) is 0. The van der Waals surface area contributed by atoms with Crippen LogP contribution in [0.2, 0.25) is 0 Å². The number of fused-ring (bicyclic) bond motifs is 1. The van der Waals surface area contributed by atoms with Crippen molar-refractivity contribution in [2.75, 3.05) is 0 Å². The fraction of sp³-hybridized carbons (Fsp3) is 0.400. The number of hydrogen-bond acceptors (Lipinski definition) is 4. The highest BCUT2D eigenvalue weighted by molar-refractivity contribution is 5.60. The third-order valence-corrected chi connectivity index (χ3v) is 3.32. The minimum atomic E-state index is 0.557. The van der Waals surface area contributed by atoms with Gasteiger partial charge in [-0.1, -0.05) is 13.8 Å². The summed E-state index contributed by atoms with van der Waals surface area (Å²) in [6.07, 6.45) is 4.65. The Morgan fingerprint density at radius 2 is 2.10 bits per heavy atom. The number of nitrogens with zero attached hydrogens (tertiary/aromatic N) is 4. The van der Waals surface area contributed by atoms with Crippen molar-refractivity contribution in [2.45, 2.75) is 40.0 Å². The zero-order valence-electron chi connectivity index (χ0n) is 12.1. The van der Waals surface area contributed by atoms with Gasteiger partial charge in [-0.15, -0.1) is 10.2 Å². The van der Waals surface area contributed by atoms with Gasteiger partial charge in [-0.2, -0.15) is 0 Å². The standard InChI is InChI=1S/C15H18N4O/c1-4-6-13-17-18-15(20-13)14-11(5-2)16-12-9-10(3)7-8-19(12)14/h7-9H,4-6H2,1-3H3. The van der Waals surface area contributed by atoms with Gasteiger partial charge in [-0.3, -0.25) is 4.40 Å². The van der Waals surface area contributed by atoms with E-state index in [0.29, 0.717) is 11.8 Å². The molecule has 3 aromatic rings. The molecule has 3 aromatic heterocycles. The van der Waals surface area contributed by atoms with E-state index >= 15 is 0 Å². The molecule has 0 atom stereocenters. The molecule has 0 N–H and O–H groups in total. The van der Waals surface area contributed by atoms with E-state index in [2.05, 4.69) is 48.1 Å². The molecule has 0 aliphatic rings. The van der Waals surface area contributed by atoms with Crippen LogP contribution in [0.5, 0.6) is 0 Å². The second-order valence-corrected chi connectivity index (χ2v) is 4.94. The van der Waals surface area contributed by atoms with Gasteiger partial charge in [0.1, 0.15) is 11.3 Å². The van der Waals surface area contributed by atoms with E-state index < -0.39 is 0 Å². The second-order valence-electron chi connectivity index (χ2n) is 4.94.